The second-order valence-electron chi connectivity index (χ2n) is 9.01. The van der Waals surface area contributed by atoms with E-state index in [1.165, 1.54) is 13.3 Å². The van der Waals surface area contributed by atoms with Crippen molar-refractivity contribution in [2.24, 2.45) is 5.10 Å². The van der Waals surface area contributed by atoms with Crippen LogP contribution in [0.2, 0.25) is 0 Å². The minimum atomic E-state index is -0.755. The van der Waals surface area contributed by atoms with Gasteiger partial charge in [0.2, 0.25) is 23.6 Å². The Morgan fingerprint density at radius 2 is 1.48 bits per heavy atom. The molecule has 0 atom stereocenters. The summed E-state index contributed by atoms with van der Waals surface area (Å²) in [5.74, 6) is 1.51. The van der Waals surface area contributed by atoms with Crippen molar-refractivity contribution in [2.75, 3.05) is 74.9 Å². The predicted octanol–water partition coefficient (Wildman–Crippen LogP) is 2.61. The first-order valence-electron chi connectivity index (χ1n) is 12.9. The average Bonchev–Trinajstić information content (AvgIpc) is 3.02. The highest BCUT2D eigenvalue weighted by atomic mass is 16.6. The number of rotatable bonds is 10. The van der Waals surface area contributed by atoms with Crippen LogP contribution in [0.15, 0.2) is 41.5 Å². The number of nitro groups is 2. The Balaban J connectivity index is 1.37. The molecule has 1 aromatic heterocycles. The van der Waals surface area contributed by atoms with E-state index in [9.17, 15) is 20.2 Å². The fourth-order valence-electron chi connectivity index (χ4n) is 4.20. The molecular formula is C25H27N9O8. The third kappa shape index (κ3) is 6.76. The van der Waals surface area contributed by atoms with Crippen LogP contribution in [0, 0.1) is 20.2 Å². The predicted molar refractivity (Wildman–Crippen MR) is 150 cm³/mol. The van der Waals surface area contributed by atoms with Crippen LogP contribution in [-0.4, -0.2) is 90.7 Å². The van der Waals surface area contributed by atoms with Crippen molar-refractivity contribution in [3.63, 3.8) is 0 Å². The van der Waals surface area contributed by atoms with Crippen LogP contribution in [0.3, 0.4) is 0 Å². The quantitative estimate of drug-likeness (QED) is 0.208. The number of nitrogens with zero attached hydrogens (tertiary/aromatic N) is 8. The summed E-state index contributed by atoms with van der Waals surface area (Å²) >= 11 is 0. The number of benzene rings is 2. The molecule has 0 unspecified atom stereocenters. The Morgan fingerprint density at radius 1 is 0.857 bits per heavy atom. The molecule has 3 heterocycles. The first-order valence-corrected chi connectivity index (χ1v) is 12.9. The van der Waals surface area contributed by atoms with E-state index < -0.39 is 21.2 Å². The maximum atomic E-state index is 11.5. The molecule has 17 heteroatoms. The molecule has 1 N–H and O–H groups in total. The number of hydrogen-bond acceptors (Lipinski definition) is 15. The number of anilines is 3. The van der Waals surface area contributed by atoms with Gasteiger partial charge in [-0.2, -0.15) is 20.1 Å². The summed E-state index contributed by atoms with van der Waals surface area (Å²) in [5, 5.41) is 26.9. The van der Waals surface area contributed by atoms with Gasteiger partial charge < -0.3 is 28.7 Å². The first kappa shape index (κ1) is 28.4. The van der Waals surface area contributed by atoms with Crippen LogP contribution in [0.1, 0.15) is 5.56 Å². The van der Waals surface area contributed by atoms with Gasteiger partial charge in [-0.15, -0.1) is 0 Å². The average molecular weight is 582 g/mol. The Morgan fingerprint density at radius 3 is 2.05 bits per heavy atom. The summed E-state index contributed by atoms with van der Waals surface area (Å²) in [6, 6.07) is 7.98. The molecule has 0 amide bonds. The molecule has 3 aromatic rings. The number of ether oxygens (including phenoxy) is 4. The standard InChI is InChI=1S/C25H27N9O8/c1-39-21-4-2-17(14-22(21)42-20-5-3-18(33(35)36)15-19(20)34(37)38)16-26-30-23-27-24(31-6-10-40-11-7-31)29-25(28-23)32-8-12-41-13-9-32/h2-5,14-16H,6-13H2,1H3,(H,27,28,29,30). The first-order chi connectivity index (χ1) is 20.4. The number of non-ortho nitro benzene ring substituents is 1. The van der Waals surface area contributed by atoms with Crippen LogP contribution in [0.5, 0.6) is 17.2 Å². The molecule has 2 aliphatic heterocycles. The molecule has 0 bridgehead atoms. The molecule has 2 fully saturated rings. The van der Waals surface area contributed by atoms with Gasteiger partial charge in [0.05, 0.1) is 55.7 Å². The van der Waals surface area contributed by atoms with Gasteiger partial charge in [-0.25, -0.2) is 5.43 Å². The number of nitrogens with one attached hydrogen (secondary N) is 1. The highest BCUT2D eigenvalue weighted by Crippen LogP contribution is 2.38. The highest BCUT2D eigenvalue weighted by molar-refractivity contribution is 5.81. The molecule has 0 saturated carbocycles. The molecule has 0 radical (unpaired) electrons. The minimum Gasteiger partial charge on any atom is -0.493 e. The summed E-state index contributed by atoms with van der Waals surface area (Å²) in [6.07, 6.45) is 1.49. The van der Waals surface area contributed by atoms with Gasteiger partial charge >= 0.3 is 5.69 Å². The Kier molecular flexibility index (Phi) is 8.78. The molecule has 0 aliphatic carbocycles. The number of hydrazone groups is 1. The lowest BCUT2D eigenvalue weighted by Gasteiger charge is -2.30. The second-order valence-corrected chi connectivity index (χ2v) is 9.01. The summed E-state index contributed by atoms with van der Waals surface area (Å²) < 4.78 is 22.0. The van der Waals surface area contributed by atoms with Crippen LogP contribution < -0.4 is 24.7 Å². The van der Waals surface area contributed by atoms with Crippen molar-refractivity contribution in [3.05, 3.63) is 62.2 Å². The minimum absolute atomic E-state index is 0.141. The van der Waals surface area contributed by atoms with E-state index in [2.05, 4.69) is 25.5 Å². The molecule has 220 valence electrons. The molecule has 2 aromatic carbocycles. The number of morpholine rings is 2. The van der Waals surface area contributed by atoms with Gasteiger partial charge in [0.15, 0.2) is 11.5 Å². The van der Waals surface area contributed by atoms with Crippen LogP contribution in [0.4, 0.5) is 29.2 Å². The topological polar surface area (TPSA) is 193 Å². The van der Waals surface area contributed by atoms with Crippen molar-refractivity contribution in [1.29, 1.82) is 0 Å². The zero-order valence-electron chi connectivity index (χ0n) is 22.5. The fraction of sp³-hybridized carbons (Fsp3) is 0.360. The van der Waals surface area contributed by atoms with Crippen molar-refractivity contribution >= 4 is 35.4 Å². The van der Waals surface area contributed by atoms with E-state index in [0.29, 0.717) is 70.1 Å². The smallest absolute Gasteiger partial charge is 0.318 e. The van der Waals surface area contributed by atoms with Crippen LogP contribution >= 0.6 is 0 Å². The molecule has 0 spiro atoms. The van der Waals surface area contributed by atoms with Crippen molar-refractivity contribution in [3.8, 4) is 17.2 Å². The monoisotopic (exact) mass is 581 g/mol. The molecule has 17 nitrogen and oxygen atoms in total. The molecule has 2 aliphatic rings. The zero-order chi connectivity index (χ0) is 29.5. The highest BCUT2D eigenvalue weighted by Gasteiger charge is 2.23. The number of methoxy groups -OCH3 is 1. The van der Waals surface area contributed by atoms with Crippen molar-refractivity contribution < 1.29 is 28.8 Å². The zero-order valence-corrected chi connectivity index (χ0v) is 22.5. The van der Waals surface area contributed by atoms with E-state index in [4.69, 9.17) is 18.9 Å². The molecule has 5 rings (SSSR count). The van der Waals surface area contributed by atoms with Gasteiger partial charge in [-0.3, -0.25) is 20.2 Å². The van der Waals surface area contributed by atoms with E-state index in [1.807, 2.05) is 9.80 Å². The van der Waals surface area contributed by atoms with Gasteiger partial charge in [0.25, 0.3) is 5.69 Å². The molecular weight excluding hydrogens is 554 g/mol. The van der Waals surface area contributed by atoms with E-state index in [0.717, 1.165) is 18.2 Å². The number of nitro benzene ring substituents is 2. The Hall–Kier alpha value is -5.16. The van der Waals surface area contributed by atoms with Gasteiger partial charge in [-0.05, 0) is 29.8 Å². The second kappa shape index (κ2) is 13.0. The maximum Gasteiger partial charge on any atom is 0.318 e. The van der Waals surface area contributed by atoms with Gasteiger partial charge in [-0.1, -0.05) is 0 Å². The lowest BCUT2D eigenvalue weighted by atomic mass is 10.2. The Bertz CT molecular complexity index is 1440. The van der Waals surface area contributed by atoms with E-state index >= 15 is 0 Å². The SMILES string of the molecule is COc1ccc(C=NNc2nc(N3CCOCC3)nc(N3CCOCC3)n2)cc1Oc1ccc([N+](=O)[O-])cc1[N+](=O)[O-]. The van der Waals surface area contributed by atoms with Gasteiger partial charge in [0, 0.05) is 32.2 Å². The lowest BCUT2D eigenvalue weighted by Crippen LogP contribution is -2.40. The maximum absolute atomic E-state index is 11.5. The van der Waals surface area contributed by atoms with Crippen LogP contribution in [0.25, 0.3) is 0 Å². The third-order valence-corrected chi connectivity index (χ3v) is 6.34. The van der Waals surface area contributed by atoms with Crippen LogP contribution in [-0.2, 0) is 9.47 Å². The summed E-state index contributed by atoms with van der Waals surface area (Å²) in [5.41, 5.74) is 2.42. The normalized spacial score (nSPS) is 15.5. The Labute approximate surface area is 239 Å². The van der Waals surface area contributed by atoms with Crippen molar-refractivity contribution in [1.82, 2.24) is 15.0 Å². The molecule has 42 heavy (non-hydrogen) atoms. The van der Waals surface area contributed by atoms with Gasteiger partial charge in [0.1, 0.15) is 0 Å². The number of hydrogen-bond donors (Lipinski definition) is 1. The largest absolute Gasteiger partial charge is 0.493 e. The summed E-state index contributed by atoms with van der Waals surface area (Å²) in [4.78, 5) is 38.9. The molecule has 2 saturated heterocycles. The van der Waals surface area contributed by atoms with E-state index in [-0.39, 0.29) is 23.2 Å². The fourth-order valence-corrected chi connectivity index (χ4v) is 4.20. The third-order valence-electron chi connectivity index (χ3n) is 6.34. The summed E-state index contributed by atoms with van der Waals surface area (Å²) in [6.45, 7) is 4.89. The van der Waals surface area contributed by atoms with E-state index in [1.54, 1.807) is 18.2 Å². The number of aromatic nitrogens is 3. The summed E-state index contributed by atoms with van der Waals surface area (Å²) in [7, 11) is 1.42. The van der Waals surface area contributed by atoms with Crippen molar-refractivity contribution in [2.45, 2.75) is 0 Å². The lowest BCUT2D eigenvalue weighted by molar-refractivity contribution is -0.394.